The van der Waals surface area contributed by atoms with E-state index in [9.17, 15) is 0 Å². The van der Waals surface area contributed by atoms with Gasteiger partial charge in [-0.3, -0.25) is 0 Å². The van der Waals surface area contributed by atoms with E-state index in [1.54, 1.807) is 6.20 Å². The van der Waals surface area contributed by atoms with Crippen molar-refractivity contribution in [3.8, 4) is 0 Å². The standard InChI is InChI=1S/C8H16N4/c1-11(2)5-4-8-10-6-7(9)12(8)3/h6H,4-5,9H2,1-3H3. The molecule has 0 saturated carbocycles. The van der Waals surface area contributed by atoms with Crippen LogP contribution in [0.25, 0.3) is 0 Å². The molecule has 0 aliphatic heterocycles. The first-order valence-electron chi connectivity index (χ1n) is 4.02. The molecular formula is C8H16N4. The van der Waals surface area contributed by atoms with Gasteiger partial charge in [0.2, 0.25) is 0 Å². The number of aromatic nitrogens is 2. The summed E-state index contributed by atoms with van der Waals surface area (Å²) < 4.78 is 1.92. The highest BCUT2D eigenvalue weighted by Gasteiger charge is 2.02. The van der Waals surface area contributed by atoms with E-state index >= 15 is 0 Å². The summed E-state index contributed by atoms with van der Waals surface area (Å²) in [7, 11) is 6.03. The Bertz CT molecular complexity index is 252. The molecule has 1 aromatic rings. The molecule has 0 aromatic carbocycles. The third-order valence-electron chi connectivity index (χ3n) is 1.90. The summed E-state index contributed by atoms with van der Waals surface area (Å²) in [5.74, 6) is 1.77. The summed E-state index contributed by atoms with van der Waals surface area (Å²) >= 11 is 0. The zero-order valence-corrected chi connectivity index (χ0v) is 7.91. The highest BCUT2D eigenvalue weighted by atomic mass is 15.1. The van der Waals surface area contributed by atoms with Gasteiger partial charge < -0.3 is 15.2 Å². The summed E-state index contributed by atoms with van der Waals surface area (Å²) in [6.07, 6.45) is 2.64. The fourth-order valence-corrected chi connectivity index (χ4v) is 1.02. The van der Waals surface area contributed by atoms with Crippen LogP contribution in [0, 0.1) is 0 Å². The molecule has 2 N–H and O–H groups in total. The lowest BCUT2D eigenvalue weighted by molar-refractivity contribution is 0.407. The second kappa shape index (κ2) is 3.58. The Kier molecular flexibility index (Phi) is 2.70. The van der Waals surface area contributed by atoms with Gasteiger partial charge in [0.15, 0.2) is 0 Å². The molecule has 12 heavy (non-hydrogen) atoms. The molecule has 0 atom stereocenters. The topological polar surface area (TPSA) is 47.1 Å². The molecule has 4 heteroatoms. The van der Waals surface area contributed by atoms with Crippen LogP contribution >= 0.6 is 0 Å². The number of hydrogen-bond donors (Lipinski definition) is 1. The van der Waals surface area contributed by atoms with E-state index in [4.69, 9.17) is 5.73 Å². The number of nitrogens with zero attached hydrogens (tertiary/aromatic N) is 3. The maximum absolute atomic E-state index is 5.63. The molecule has 0 radical (unpaired) electrons. The predicted octanol–water partition coefficient (Wildman–Crippen LogP) is 0.106. The summed E-state index contributed by atoms with van der Waals surface area (Å²) in [6, 6.07) is 0. The SMILES string of the molecule is CN(C)CCc1ncc(N)n1C. The quantitative estimate of drug-likeness (QED) is 0.696. The van der Waals surface area contributed by atoms with Crippen molar-refractivity contribution in [2.75, 3.05) is 26.4 Å². The highest BCUT2D eigenvalue weighted by molar-refractivity contribution is 5.27. The zero-order chi connectivity index (χ0) is 9.14. The first kappa shape index (κ1) is 9.06. The van der Waals surface area contributed by atoms with E-state index < -0.39 is 0 Å². The van der Waals surface area contributed by atoms with E-state index in [1.807, 2.05) is 25.7 Å². The summed E-state index contributed by atoms with van der Waals surface area (Å²) in [6.45, 7) is 1.00. The lowest BCUT2D eigenvalue weighted by Crippen LogP contribution is -2.17. The van der Waals surface area contributed by atoms with Crippen LogP contribution in [-0.4, -0.2) is 35.1 Å². The molecule has 1 rings (SSSR count). The molecule has 0 saturated heterocycles. The number of nitrogens with two attached hydrogens (primary N) is 1. The minimum atomic E-state index is 0.726. The van der Waals surface area contributed by atoms with Gasteiger partial charge in [-0.15, -0.1) is 0 Å². The smallest absolute Gasteiger partial charge is 0.123 e. The van der Waals surface area contributed by atoms with Crippen molar-refractivity contribution in [3.63, 3.8) is 0 Å². The molecule has 0 aliphatic rings. The van der Waals surface area contributed by atoms with Crippen LogP contribution in [0.3, 0.4) is 0 Å². The molecule has 0 aliphatic carbocycles. The van der Waals surface area contributed by atoms with Gasteiger partial charge in [0.25, 0.3) is 0 Å². The molecule has 68 valence electrons. The van der Waals surface area contributed by atoms with Crippen LogP contribution in [0.4, 0.5) is 5.82 Å². The van der Waals surface area contributed by atoms with Crippen molar-refractivity contribution in [1.82, 2.24) is 14.5 Å². The largest absolute Gasteiger partial charge is 0.384 e. The normalized spacial score (nSPS) is 11.0. The van der Waals surface area contributed by atoms with Crippen LogP contribution in [-0.2, 0) is 13.5 Å². The van der Waals surface area contributed by atoms with Crippen LogP contribution in [0.5, 0.6) is 0 Å². The van der Waals surface area contributed by atoms with E-state index in [0.717, 1.165) is 24.6 Å². The van der Waals surface area contributed by atoms with E-state index in [1.165, 1.54) is 0 Å². The number of hydrogen-bond acceptors (Lipinski definition) is 3. The average molecular weight is 168 g/mol. The van der Waals surface area contributed by atoms with Gasteiger partial charge >= 0.3 is 0 Å². The Morgan fingerprint density at radius 1 is 1.58 bits per heavy atom. The second-order valence-electron chi connectivity index (χ2n) is 3.21. The Hall–Kier alpha value is -1.03. The Labute approximate surface area is 73.0 Å². The Morgan fingerprint density at radius 3 is 2.67 bits per heavy atom. The van der Waals surface area contributed by atoms with Gasteiger partial charge in [-0.05, 0) is 14.1 Å². The fraction of sp³-hybridized carbons (Fsp3) is 0.625. The Balaban J connectivity index is 2.58. The molecule has 1 heterocycles. The summed E-state index contributed by atoms with van der Waals surface area (Å²) in [5.41, 5.74) is 5.63. The molecule has 1 aromatic heterocycles. The van der Waals surface area contributed by atoms with Crippen molar-refractivity contribution < 1.29 is 0 Å². The molecule has 0 amide bonds. The molecule has 0 unspecified atom stereocenters. The average Bonchev–Trinajstić information content (AvgIpc) is 2.30. The highest BCUT2D eigenvalue weighted by Crippen LogP contribution is 2.04. The van der Waals surface area contributed by atoms with Gasteiger partial charge in [-0.2, -0.15) is 0 Å². The van der Waals surface area contributed by atoms with Gasteiger partial charge in [0.05, 0.1) is 6.20 Å². The second-order valence-corrected chi connectivity index (χ2v) is 3.21. The van der Waals surface area contributed by atoms with Crippen molar-refractivity contribution in [3.05, 3.63) is 12.0 Å². The van der Waals surface area contributed by atoms with E-state index in [2.05, 4.69) is 9.88 Å². The number of rotatable bonds is 3. The molecule has 4 nitrogen and oxygen atoms in total. The molecule has 0 fully saturated rings. The van der Waals surface area contributed by atoms with Crippen LogP contribution in [0.15, 0.2) is 6.20 Å². The Morgan fingerprint density at radius 2 is 2.25 bits per heavy atom. The first-order valence-corrected chi connectivity index (χ1v) is 4.02. The first-order chi connectivity index (χ1) is 5.61. The van der Waals surface area contributed by atoms with E-state index in [0.29, 0.717) is 0 Å². The van der Waals surface area contributed by atoms with Gasteiger partial charge in [0.1, 0.15) is 11.6 Å². The maximum Gasteiger partial charge on any atom is 0.123 e. The molecular weight excluding hydrogens is 152 g/mol. The minimum Gasteiger partial charge on any atom is -0.384 e. The number of likely N-dealkylation sites (N-methyl/N-ethyl adjacent to an activating group) is 1. The van der Waals surface area contributed by atoms with Crippen molar-refractivity contribution in [2.24, 2.45) is 7.05 Å². The molecule has 0 bridgehead atoms. The van der Waals surface area contributed by atoms with Crippen LogP contribution in [0.2, 0.25) is 0 Å². The van der Waals surface area contributed by atoms with Gasteiger partial charge in [-0.1, -0.05) is 0 Å². The summed E-state index contributed by atoms with van der Waals surface area (Å²) in [5, 5.41) is 0. The lowest BCUT2D eigenvalue weighted by Gasteiger charge is -2.08. The number of nitrogen functional groups attached to an aromatic ring is 1. The predicted molar refractivity (Wildman–Crippen MR) is 49.9 cm³/mol. The van der Waals surface area contributed by atoms with Crippen LogP contribution in [0.1, 0.15) is 5.82 Å². The van der Waals surface area contributed by atoms with Crippen LogP contribution < -0.4 is 5.73 Å². The minimum absolute atomic E-state index is 0.726. The third-order valence-corrected chi connectivity index (χ3v) is 1.90. The van der Waals surface area contributed by atoms with E-state index in [-0.39, 0.29) is 0 Å². The summed E-state index contributed by atoms with van der Waals surface area (Å²) in [4.78, 5) is 6.33. The van der Waals surface area contributed by atoms with Crippen molar-refractivity contribution in [2.45, 2.75) is 6.42 Å². The number of anilines is 1. The van der Waals surface area contributed by atoms with Gasteiger partial charge in [-0.25, -0.2) is 4.98 Å². The zero-order valence-electron chi connectivity index (χ0n) is 7.91. The van der Waals surface area contributed by atoms with Crippen molar-refractivity contribution >= 4 is 5.82 Å². The maximum atomic E-state index is 5.63. The molecule has 0 spiro atoms. The van der Waals surface area contributed by atoms with Crippen molar-refractivity contribution in [1.29, 1.82) is 0 Å². The van der Waals surface area contributed by atoms with Gasteiger partial charge in [0, 0.05) is 20.0 Å². The monoisotopic (exact) mass is 168 g/mol. The number of imidazole rings is 1. The lowest BCUT2D eigenvalue weighted by atomic mass is 10.4. The third kappa shape index (κ3) is 1.98. The fourth-order valence-electron chi connectivity index (χ4n) is 1.02.